The molecule has 4 saturated carbocycles. The molecule has 0 radical (unpaired) electrons. The summed E-state index contributed by atoms with van der Waals surface area (Å²) >= 11 is 0. The maximum atomic E-state index is 14.7. The third-order valence-electron chi connectivity index (χ3n) is 22.5. The zero-order chi connectivity index (χ0) is 60.8. The van der Waals surface area contributed by atoms with Crippen LogP contribution >= 0.6 is 21.6 Å². The van der Waals surface area contributed by atoms with Crippen molar-refractivity contribution in [2.75, 3.05) is 58.9 Å². The number of fused-ring (bicyclic) bond motifs is 13. The molecule has 4 aliphatic carbocycles. The zero-order valence-corrected chi connectivity index (χ0v) is 53.7. The Labute approximate surface area is 530 Å². The second-order valence-corrected chi connectivity index (χ2v) is 30.4. The maximum absolute atomic E-state index is 14.7. The Morgan fingerprint density at radius 1 is 0.886 bits per heavy atom. The quantitative estimate of drug-likeness (QED) is 0.0439. The van der Waals surface area contributed by atoms with Gasteiger partial charge < -0.3 is 52.4 Å². The van der Waals surface area contributed by atoms with Crippen LogP contribution in [-0.4, -0.2) is 121 Å². The highest BCUT2D eigenvalue weighted by Crippen LogP contribution is 2.70. The summed E-state index contributed by atoms with van der Waals surface area (Å²) in [6.45, 7) is 6.69. The third-order valence-corrected chi connectivity index (χ3v) is 25.0. The lowest BCUT2D eigenvalue weighted by Crippen LogP contribution is -2.57. The molecule has 474 valence electrons. The Morgan fingerprint density at radius 2 is 1.72 bits per heavy atom. The number of rotatable bonds is 13. The summed E-state index contributed by atoms with van der Waals surface area (Å²) in [5.74, 6) is 4.32. The van der Waals surface area contributed by atoms with E-state index in [1.54, 1.807) is 22.9 Å². The van der Waals surface area contributed by atoms with Gasteiger partial charge in [0.2, 0.25) is 0 Å². The number of aromatic hydroxyl groups is 1. The van der Waals surface area contributed by atoms with E-state index in [-0.39, 0.29) is 63.7 Å². The third kappa shape index (κ3) is 14.2. The number of aliphatic hydroxyl groups excluding tert-OH is 2. The first-order valence-corrected chi connectivity index (χ1v) is 35.9. The summed E-state index contributed by atoms with van der Waals surface area (Å²) in [5.41, 5.74) is 16.1. The summed E-state index contributed by atoms with van der Waals surface area (Å²) in [4.78, 5) is 34.1. The van der Waals surface area contributed by atoms with Crippen molar-refractivity contribution in [3.8, 4) is 11.5 Å². The first-order valence-electron chi connectivity index (χ1n) is 33.5. The molecule has 11 N–H and O–H groups in total. The number of piperidine rings is 2. The Hall–Kier alpha value is -4.91. The molecule has 14 unspecified atom stereocenters. The molecule has 6 fully saturated rings. The van der Waals surface area contributed by atoms with Crippen LogP contribution in [0, 0.1) is 52.3 Å². The van der Waals surface area contributed by atoms with E-state index in [0.717, 1.165) is 134 Å². The van der Waals surface area contributed by atoms with E-state index in [1.807, 2.05) is 17.7 Å². The topological polar surface area (TPSA) is 215 Å². The number of dihydropyridines is 1. The molecular weight excluding hydrogens is 1140 g/mol. The van der Waals surface area contributed by atoms with Gasteiger partial charge in [-0.1, -0.05) is 88.3 Å². The zero-order valence-electron chi connectivity index (χ0n) is 52.1. The van der Waals surface area contributed by atoms with Crippen molar-refractivity contribution >= 4 is 44.7 Å². The highest BCUT2D eigenvalue weighted by molar-refractivity contribution is 8.77. The van der Waals surface area contributed by atoms with E-state index in [2.05, 4.69) is 105 Å². The van der Waals surface area contributed by atoms with Crippen molar-refractivity contribution in [2.45, 2.75) is 159 Å². The molecule has 10 aliphatic rings. The van der Waals surface area contributed by atoms with Crippen molar-refractivity contribution in [1.29, 1.82) is 0 Å². The Bertz CT molecular complexity index is 3110. The number of benzene rings is 3. The molecule has 13 rings (SSSR count). The largest absolute Gasteiger partial charge is 0.504 e. The second kappa shape index (κ2) is 28.7. The van der Waals surface area contributed by atoms with Crippen LogP contribution < -0.4 is 42.4 Å². The fourth-order valence-corrected chi connectivity index (χ4v) is 21.3. The van der Waals surface area contributed by atoms with Crippen LogP contribution in [0.4, 0.5) is 0 Å². The molecule has 2 saturated heterocycles. The summed E-state index contributed by atoms with van der Waals surface area (Å²) in [6, 6.07) is 23.8. The summed E-state index contributed by atoms with van der Waals surface area (Å²) < 4.78 is 5.71. The van der Waals surface area contributed by atoms with Crippen molar-refractivity contribution in [3.63, 3.8) is 0 Å². The van der Waals surface area contributed by atoms with Crippen LogP contribution in [-0.2, 0) is 35.3 Å². The monoisotopic (exact) mass is 1230 g/mol. The first-order chi connectivity index (χ1) is 42.9. The van der Waals surface area contributed by atoms with Gasteiger partial charge in [0.25, 0.3) is 0 Å². The highest BCUT2D eigenvalue weighted by Gasteiger charge is 2.65. The van der Waals surface area contributed by atoms with E-state index in [0.29, 0.717) is 83.9 Å². The lowest BCUT2D eigenvalue weighted by molar-refractivity contribution is -0.126. The van der Waals surface area contributed by atoms with Crippen LogP contribution in [0.15, 0.2) is 113 Å². The predicted molar refractivity (Wildman–Crippen MR) is 357 cm³/mol. The van der Waals surface area contributed by atoms with Crippen LogP contribution in [0.3, 0.4) is 0 Å². The van der Waals surface area contributed by atoms with E-state index >= 15 is 0 Å². The van der Waals surface area contributed by atoms with Gasteiger partial charge >= 0.3 is 0 Å². The van der Waals surface area contributed by atoms with Gasteiger partial charge in [-0.2, -0.15) is 0 Å². The van der Waals surface area contributed by atoms with Gasteiger partial charge in [-0.3, -0.25) is 14.9 Å². The van der Waals surface area contributed by atoms with E-state index < -0.39 is 12.7 Å². The van der Waals surface area contributed by atoms with E-state index in [9.17, 15) is 24.9 Å². The Balaban J connectivity index is 0.861. The van der Waals surface area contributed by atoms with Gasteiger partial charge in [0, 0.05) is 49.6 Å². The number of carbonyl (C=O) groups is 2. The summed E-state index contributed by atoms with van der Waals surface area (Å²) in [7, 11) is 5.10. The number of hydrogen-bond donors (Lipinski definition) is 10. The van der Waals surface area contributed by atoms with Crippen LogP contribution in [0.5, 0.6) is 11.5 Å². The fraction of sp³-hybridized carbons (Fsp3) is 0.597. The normalized spacial score (nSPS) is 33.3. The van der Waals surface area contributed by atoms with Gasteiger partial charge in [-0.15, -0.1) is 0 Å². The molecule has 0 aromatic heterocycles. The number of carbonyl (C=O) groups excluding carboxylic acids is 2. The van der Waals surface area contributed by atoms with E-state index in [4.69, 9.17) is 15.5 Å². The van der Waals surface area contributed by atoms with Gasteiger partial charge in [0.15, 0.2) is 23.2 Å². The molecular formula is C72H98N8O6S2. The number of allylic oxidation sites excluding steroid dienone is 3. The fourth-order valence-electron chi connectivity index (χ4n) is 18.8. The average Bonchev–Trinajstić information content (AvgIpc) is 1.68. The minimum atomic E-state index is -0.461. The number of aryl methyl sites for hydroxylation is 3. The van der Waals surface area contributed by atoms with Gasteiger partial charge in [-0.05, 0) is 256 Å². The summed E-state index contributed by atoms with van der Waals surface area (Å²) in [5, 5.41) is 56.8. The van der Waals surface area contributed by atoms with Gasteiger partial charge in [0.05, 0.1) is 32.1 Å². The molecule has 6 aliphatic heterocycles. The number of guanidine groups is 1. The molecule has 7 bridgehead atoms. The first kappa shape index (κ1) is 63.2. The lowest BCUT2D eigenvalue weighted by atomic mass is 9.52. The molecule has 1 spiro atoms. The van der Waals surface area contributed by atoms with Crippen molar-refractivity contribution in [2.24, 2.45) is 63.0 Å². The highest BCUT2D eigenvalue weighted by atomic mass is 33.1. The Morgan fingerprint density at radius 3 is 2.55 bits per heavy atom. The van der Waals surface area contributed by atoms with Crippen molar-refractivity contribution < 1.29 is 29.6 Å². The van der Waals surface area contributed by atoms with Crippen LogP contribution in [0.2, 0.25) is 0 Å². The smallest absolute Gasteiger partial charge is 0.189 e. The number of Topliss-reactive ketones (excluding diaryl/α,β-unsaturated/α-hetero) is 1. The summed E-state index contributed by atoms with van der Waals surface area (Å²) in [6.07, 6.45) is 25.0. The van der Waals surface area contributed by atoms with Crippen LogP contribution in [0.1, 0.15) is 131 Å². The number of ketones is 2. The number of ether oxygens (including phenoxy) is 1. The average molecular weight is 1240 g/mol. The number of phenolic OH excluding ortho intramolecular Hbond substituents is 1. The number of nitrogens with two attached hydrogens (primary N) is 1. The molecule has 0 amide bonds. The molecule has 3 aromatic rings. The number of hydrogen-bond acceptors (Lipinski definition) is 16. The number of aliphatic imine (C=N–C) groups is 1. The van der Waals surface area contributed by atoms with E-state index in [1.165, 1.54) is 53.9 Å². The van der Waals surface area contributed by atoms with Gasteiger partial charge in [-0.25, -0.2) is 4.99 Å². The minimum absolute atomic E-state index is 0.00294. The molecule has 6 heterocycles. The molecule has 3 aromatic carbocycles. The standard InChI is InChI=1S/C72H98N8O6S2/c1-45(82)40-78-66-39-71(38-61-58-21-25-74-41-53(58)30-51-12-7-24-75-68(51)61)36-50-16-18-65(71)72(66)23-19-49(37-72)20-26-77-70(73)80-44-87-88-64-22-27-76-69-67(64)59(17-15-48-11-6-10-47(28-48)14-13-46-8-4-3-5-9-46)54(42-79-69)31-52-33-62(85)63(86-2)35-60(52)55(43-81)32-57(84)34-56(83)29-50/h3-12,28,32-33,35,42,45,49-51,53,58,61,64-66,68-69,74-76,78-79,81-82,85H,13-27,29-31,34,36-41,43-44H2,1-2H3,(H3,73,77,80). The molecule has 14 atom stereocenters. The lowest BCUT2D eigenvalue weighted by Gasteiger charge is -2.55. The molecule has 88 heavy (non-hydrogen) atoms. The number of methoxy groups -OCH3 is 1. The predicted octanol–water partition coefficient (Wildman–Crippen LogP) is 9.49. The second-order valence-electron chi connectivity index (χ2n) is 27.9. The SMILES string of the molecule is COc1cc2c(cc1O)CC1=CNC3NCCC(SSCN=C(N)NCCC4CCC5(C4)C(NCC(C)O)CC4(CC6C7CCNCC7CC7C=CCNC76)CC(CCC45)CC(=O)CC(=O)C=C2CO)C3=C1CCc1cccc(CCc2ccccc2)c1. The van der Waals surface area contributed by atoms with Crippen molar-refractivity contribution in [3.05, 3.63) is 136 Å². The number of nitrogens with one attached hydrogen (secondary N) is 6. The van der Waals surface area contributed by atoms with Crippen LogP contribution in [0.25, 0.3) is 5.57 Å². The molecule has 16 heteroatoms. The van der Waals surface area contributed by atoms with Crippen molar-refractivity contribution in [1.82, 2.24) is 31.9 Å². The number of phenols is 1. The number of nitrogens with zero attached hydrogens (tertiary/aromatic N) is 1. The molecule has 14 nitrogen and oxygen atoms in total. The Kier molecular flexibility index (Phi) is 20.6. The van der Waals surface area contributed by atoms with Gasteiger partial charge in [0.1, 0.15) is 11.9 Å². The maximum Gasteiger partial charge on any atom is 0.189 e. The number of aliphatic hydroxyl groups is 2. The minimum Gasteiger partial charge on any atom is -0.504 e.